The molecule has 0 unspecified atom stereocenters. The lowest BCUT2D eigenvalue weighted by Gasteiger charge is -2.24. The number of rotatable bonds is 4. The zero-order valence-electron chi connectivity index (χ0n) is 11.4. The SMILES string of the molecule is CN(CCc1ccc2ncoc2c1)C(=O)C(C)(C)O. The van der Waals surface area contributed by atoms with Crippen LogP contribution in [0.3, 0.4) is 0 Å². The molecule has 2 rings (SSSR count). The molecule has 0 radical (unpaired) electrons. The van der Waals surface area contributed by atoms with Gasteiger partial charge in [0.25, 0.3) is 5.91 Å². The average molecular weight is 262 g/mol. The van der Waals surface area contributed by atoms with Crippen LogP contribution in [0.25, 0.3) is 11.1 Å². The Morgan fingerprint density at radius 3 is 2.89 bits per heavy atom. The standard InChI is InChI=1S/C14H18N2O3/c1-14(2,18)13(17)16(3)7-6-10-4-5-11-12(8-10)19-9-15-11/h4-5,8-9,18H,6-7H2,1-3H3. The van der Waals surface area contributed by atoms with Crippen LogP contribution in [-0.4, -0.2) is 40.1 Å². The summed E-state index contributed by atoms with van der Waals surface area (Å²) in [5.74, 6) is -0.284. The summed E-state index contributed by atoms with van der Waals surface area (Å²) in [5.41, 5.74) is 1.31. The van der Waals surface area contributed by atoms with Gasteiger partial charge in [0.05, 0.1) is 0 Å². The van der Waals surface area contributed by atoms with E-state index < -0.39 is 5.60 Å². The topological polar surface area (TPSA) is 66.6 Å². The van der Waals surface area contributed by atoms with Gasteiger partial charge in [-0.05, 0) is 38.0 Å². The smallest absolute Gasteiger partial charge is 0.253 e. The molecule has 5 nitrogen and oxygen atoms in total. The minimum absolute atomic E-state index is 0.284. The van der Waals surface area contributed by atoms with E-state index >= 15 is 0 Å². The van der Waals surface area contributed by atoms with E-state index in [0.29, 0.717) is 13.0 Å². The molecule has 2 aromatic rings. The summed E-state index contributed by atoms with van der Waals surface area (Å²) >= 11 is 0. The number of aromatic nitrogens is 1. The molecule has 0 aliphatic heterocycles. The first-order valence-corrected chi connectivity index (χ1v) is 6.18. The van der Waals surface area contributed by atoms with Gasteiger partial charge in [0.2, 0.25) is 0 Å². The zero-order chi connectivity index (χ0) is 14.0. The molecule has 0 saturated heterocycles. The minimum Gasteiger partial charge on any atom is -0.443 e. The second-order valence-electron chi connectivity index (χ2n) is 5.19. The highest BCUT2D eigenvalue weighted by Gasteiger charge is 2.26. The van der Waals surface area contributed by atoms with Gasteiger partial charge in [-0.25, -0.2) is 4.98 Å². The van der Waals surface area contributed by atoms with Gasteiger partial charge in [0.1, 0.15) is 11.1 Å². The van der Waals surface area contributed by atoms with E-state index in [4.69, 9.17) is 4.42 Å². The highest BCUT2D eigenvalue weighted by molar-refractivity contribution is 5.83. The van der Waals surface area contributed by atoms with Crippen molar-refractivity contribution < 1.29 is 14.3 Å². The van der Waals surface area contributed by atoms with Crippen molar-refractivity contribution in [3.8, 4) is 0 Å². The van der Waals surface area contributed by atoms with Crippen molar-refractivity contribution in [2.45, 2.75) is 25.9 Å². The number of fused-ring (bicyclic) bond motifs is 1. The third-order valence-electron chi connectivity index (χ3n) is 3.00. The van der Waals surface area contributed by atoms with Crippen LogP contribution in [0.1, 0.15) is 19.4 Å². The van der Waals surface area contributed by atoms with E-state index in [1.54, 1.807) is 7.05 Å². The molecule has 0 bridgehead atoms. The van der Waals surface area contributed by atoms with Crippen molar-refractivity contribution >= 4 is 17.0 Å². The second kappa shape index (κ2) is 5.01. The number of hydrogen-bond donors (Lipinski definition) is 1. The lowest BCUT2D eigenvalue weighted by atomic mass is 10.1. The van der Waals surface area contributed by atoms with Crippen LogP contribution < -0.4 is 0 Å². The lowest BCUT2D eigenvalue weighted by molar-refractivity contribution is -0.146. The summed E-state index contributed by atoms with van der Waals surface area (Å²) in [6, 6.07) is 5.78. The van der Waals surface area contributed by atoms with Crippen LogP contribution >= 0.6 is 0 Å². The Kier molecular flexibility index (Phi) is 3.57. The van der Waals surface area contributed by atoms with Crippen molar-refractivity contribution in [2.75, 3.05) is 13.6 Å². The van der Waals surface area contributed by atoms with Crippen molar-refractivity contribution in [3.05, 3.63) is 30.2 Å². The molecule has 0 aliphatic carbocycles. The lowest BCUT2D eigenvalue weighted by Crippen LogP contribution is -2.43. The van der Waals surface area contributed by atoms with Crippen molar-refractivity contribution in [1.82, 2.24) is 9.88 Å². The number of nitrogens with zero attached hydrogens (tertiary/aromatic N) is 2. The second-order valence-corrected chi connectivity index (χ2v) is 5.19. The average Bonchev–Trinajstić information content (AvgIpc) is 2.81. The fourth-order valence-corrected chi connectivity index (χ4v) is 1.92. The largest absolute Gasteiger partial charge is 0.443 e. The van der Waals surface area contributed by atoms with Gasteiger partial charge in [0, 0.05) is 13.6 Å². The van der Waals surface area contributed by atoms with E-state index in [1.807, 2.05) is 18.2 Å². The summed E-state index contributed by atoms with van der Waals surface area (Å²) in [5, 5.41) is 9.65. The third kappa shape index (κ3) is 3.12. The molecule has 1 N–H and O–H groups in total. The number of carbonyl (C=O) groups is 1. The fraction of sp³-hybridized carbons (Fsp3) is 0.429. The molecule has 0 saturated carbocycles. The van der Waals surface area contributed by atoms with Gasteiger partial charge in [0.15, 0.2) is 12.0 Å². The molecule has 0 spiro atoms. The summed E-state index contributed by atoms with van der Waals surface area (Å²) in [6.45, 7) is 3.53. The monoisotopic (exact) mass is 262 g/mol. The van der Waals surface area contributed by atoms with Crippen LogP contribution in [0, 0.1) is 0 Å². The maximum absolute atomic E-state index is 11.8. The van der Waals surface area contributed by atoms with Gasteiger partial charge in [-0.2, -0.15) is 0 Å². The van der Waals surface area contributed by atoms with Gasteiger partial charge >= 0.3 is 0 Å². The van der Waals surface area contributed by atoms with Gasteiger partial charge in [-0.1, -0.05) is 6.07 Å². The molecule has 1 aromatic carbocycles. The molecule has 1 aromatic heterocycles. The highest BCUT2D eigenvalue weighted by atomic mass is 16.3. The number of hydrogen-bond acceptors (Lipinski definition) is 4. The van der Waals surface area contributed by atoms with Crippen molar-refractivity contribution in [1.29, 1.82) is 0 Å². The van der Waals surface area contributed by atoms with Crippen molar-refractivity contribution in [2.24, 2.45) is 0 Å². The molecular formula is C14H18N2O3. The van der Waals surface area contributed by atoms with Crippen LogP contribution in [0.15, 0.2) is 29.0 Å². The Balaban J connectivity index is 2.00. The maximum atomic E-state index is 11.8. The fourth-order valence-electron chi connectivity index (χ4n) is 1.92. The Morgan fingerprint density at radius 2 is 2.21 bits per heavy atom. The molecule has 5 heteroatoms. The normalized spacial score (nSPS) is 11.8. The predicted octanol–water partition coefficient (Wildman–Crippen LogP) is 1.60. The molecule has 0 aliphatic rings. The molecule has 19 heavy (non-hydrogen) atoms. The minimum atomic E-state index is -1.33. The van der Waals surface area contributed by atoms with E-state index in [9.17, 15) is 9.90 Å². The highest BCUT2D eigenvalue weighted by Crippen LogP contribution is 2.15. The molecule has 1 amide bonds. The van der Waals surface area contributed by atoms with E-state index in [-0.39, 0.29) is 5.91 Å². The summed E-state index contributed by atoms with van der Waals surface area (Å²) < 4.78 is 5.24. The number of carbonyl (C=O) groups excluding carboxylic acids is 1. The van der Waals surface area contributed by atoms with E-state index in [1.165, 1.54) is 25.1 Å². The quantitative estimate of drug-likeness (QED) is 0.908. The number of amides is 1. The van der Waals surface area contributed by atoms with Crippen molar-refractivity contribution in [3.63, 3.8) is 0 Å². The Morgan fingerprint density at radius 1 is 1.47 bits per heavy atom. The van der Waals surface area contributed by atoms with Crippen LogP contribution in [-0.2, 0) is 11.2 Å². The third-order valence-corrected chi connectivity index (χ3v) is 3.00. The Bertz CT molecular complexity index is 584. The van der Waals surface area contributed by atoms with Gasteiger partial charge in [-0.3, -0.25) is 4.79 Å². The maximum Gasteiger partial charge on any atom is 0.253 e. The Hall–Kier alpha value is -1.88. The number of benzene rings is 1. The van der Waals surface area contributed by atoms with Crippen LogP contribution in [0.5, 0.6) is 0 Å². The first-order chi connectivity index (χ1) is 8.88. The molecule has 0 fully saturated rings. The molecular weight excluding hydrogens is 244 g/mol. The molecule has 1 heterocycles. The number of aliphatic hydroxyl groups is 1. The van der Waals surface area contributed by atoms with Gasteiger partial charge < -0.3 is 14.4 Å². The summed E-state index contributed by atoms with van der Waals surface area (Å²) in [6.07, 6.45) is 2.12. The number of oxazole rings is 1. The van der Waals surface area contributed by atoms with Crippen LogP contribution in [0.4, 0.5) is 0 Å². The first-order valence-electron chi connectivity index (χ1n) is 6.18. The summed E-state index contributed by atoms with van der Waals surface area (Å²) in [4.78, 5) is 17.4. The number of likely N-dealkylation sites (N-methyl/N-ethyl adjacent to an activating group) is 1. The first kappa shape index (κ1) is 13.5. The van der Waals surface area contributed by atoms with E-state index in [2.05, 4.69) is 4.98 Å². The summed E-state index contributed by atoms with van der Waals surface area (Å²) in [7, 11) is 1.69. The zero-order valence-corrected chi connectivity index (χ0v) is 11.4. The molecule has 102 valence electrons. The van der Waals surface area contributed by atoms with E-state index in [0.717, 1.165) is 16.7 Å². The molecule has 0 atom stereocenters. The predicted molar refractivity (Wildman–Crippen MR) is 71.6 cm³/mol. The Labute approximate surface area is 111 Å². The van der Waals surface area contributed by atoms with Gasteiger partial charge in [-0.15, -0.1) is 0 Å². The van der Waals surface area contributed by atoms with Crippen LogP contribution in [0.2, 0.25) is 0 Å².